The fourth-order valence-electron chi connectivity index (χ4n) is 5.01. The van der Waals surface area contributed by atoms with E-state index in [-0.39, 0.29) is 47.8 Å². The lowest BCUT2D eigenvalue weighted by atomic mass is 9.86. The van der Waals surface area contributed by atoms with Gasteiger partial charge in [-0.25, -0.2) is 0 Å². The van der Waals surface area contributed by atoms with Crippen LogP contribution in [0.5, 0.6) is 0 Å². The molecule has 220 valence electrons. The van der Waals surface area contributed by atoms with Gasteiger partial charge in [-0.3, -0.25) is 19.4 Å². The topological polar surface area (TPSA) is 133 Å². The minimum absolute atomic E-state index is 0.0828. The molecule has 40 heavy (non-hydrogen) atoms. The lowest BCUT2D eigenvalue weighted by Gasteiger charge is -2.31. The predicted molar refractivity (Wildman–Crippen MR) is 142 cm³/mol. The number of nitrogens with zero attached hydrogens (tertiary/aromatic N) is 2. The maximum Gasteiger partial charge on any atom is 0.431 e. The van der Waals surface area contributed by atoms with Crippen molar-refractivity contribution >= 4 is 47.1 Å². The Morgan fingerprint density at radius 3 is 2.25 bits per heavy atom. The van der Waals surface area contributed by atoms with Crippen molar-refractivity contribution in [3.63, 3.8) is 0 Å². The minimum Gasteiger partial charge on any atom is -0.481 e. The van der Waals surface area contributed by atoms with Crippen LogP contribution in [0.15, 0.2) is 23.7 Å². The first-order chi connectivity index (χ1) is 18.6. The van der Waals surface area contributed by atoms with Crippen molar-refractivity contribution < 1.29 is 37.4 Å². The number of aliphatic carboxylic acids is 1. The molecule has 1 saturated carbocycles. The lowest BCUT2D eigenvalue weighted by Crippen LogP contribution is -2.45. The molecule has 3 N–H and O–H groups in total. The summed E-state index contributed by atoms with van der Waals surface area (Å²) >= 11 is 12.2. The summed E-state index contributed by atoms with van der Waals surface area (Å²) in [4.78, 5) is 42.8. The molecule has 0 unspecified atom stereocenters. The van der Waals surface area contributed by atoms with Gasteiger partial charge in [0.05, 0.1) is 45.3 Å². The van der Waals surface area contributed by atoms with Gasteiger partial charge in [0.2, 0.25) is 0 Å². The molecule has 1 aromatic rings. The summed E-state index contributed by atoms with van der Waals surface area (Å²) in [5.74, 6) is -3.57. The molecule has 1 atom stereocenters. The molecule has 14 heteroatoms. The summed E-state index contributed by atoms with van der Waals surface area (Å²) < 4.78 is 48.7. The highest BCUT2D eigenvalue weighted by atomic mass is 35.5. The zero-order valence-electron chi connectivity index (χ0n) is 22.0. The highest BCUT2D eigenvalue weighted by Gasteiger charge is 2.42. The predicted octanol–water partition coefficient (Wildman–Crippen LogP) is 5.06. The van der Waals surface area contributed by atoms with Gasteiger partial charge < -0.3 is 25.5 Å². The van der Waals surface area contributed by atoms with Crippen molar-refractivity contribution in [3.05, 3.63) is 39.3 Å². The molecule has 1 saturated heterocycles. The summed E-state index contributed by atoms with van der Waals surface area (Å²) in [6.45, 7) is 2.80. The largest absolute Gasteiger partial charge is 0.481 e. The van der Waals surface area contributed by atoms with E-state index >= 15 is 0 Å². The number of carbonyl (C=O) groups excluding carboxylic acids is 2. The van der Waals surface area contributed by atoms with Crippen molar-refractivity contribution in [2.45, 2.75) is 76.3 Å². The number of amides is 1. The molecular formula is C26H31Cl2F3N4O5. The number of ketones is 1. The Bertz CT molecular complexity index is 1160. The molecule has 1 aromatic heterocycles. The number of allylic oxidation sites excluding steroid dienone is 1. The van der Waals surface area contributed by atoms with Crippen LogP contribution in [0.3, 0.4) is 0 Å². The number of ether oxygens (including phenoxy) is 1. The van der Waals surface area contributed by atoms with Gasteiger partial charge in [-0.2, -0.15) is 13.2 Å². The van der Waals surface area contributed by atoms with Crippen LogP contribution in [0.4, 0.5) is 13.2 Å². The Morgan fingerprint density at radius 1 is 1.18 bits per heavy atom. The third-order valence-electron chi connectivity index (χ3n) is 7.08. The van der Waals surface area contributed by atoms with E-state index in [0.717, 1.165) is 4.90 Å². The van der Waals surface area contributed by atoms with E-state index in [9.17, 15) is 32.7 Å². The van der Waals surface area contributed by atoms with E-state index in [1.807, 2.05) is 13.8 Å². The van der Waals surface area contributed by atoms with E-state index in [4.69, 9.17) is 33.3 Å². The van der Waals surface area contributed by atoms with Crippen molar-refractivity contribution in [2.75, 3.05) is 13.1 Å². The molecule has 0 bridgehead atoms. The van der Waals surface area contributed by atoms with Gasteiger partial charge in [-0.05, 0) is 52.4 Å². The van der Waals surface area contributed by atoms with Crippen LogP contribution in [-0.2, 0) is 14.3 Å². The first-order valence-corrected chi connectivity index (χ1v) is 13.5. The number of pyridine rings is 1. The fraction of sp³-hybridized carbons (Fsp3) is 0.577. The number of carboxylic acid groups (broad SMARTS) is 1. The van der Waals surface area contributed by atoms with Crippen LogP contribution in [0.1, 0.15) is 62.7 Å². The van der Waals surface area contributed by atoms with Crippen molar-refractivity contribution in [2.24, 2.45) is 5.92 Å². The van der Waals surface area contributed by atoms with Crippen LogP contribution in [0, 0.1) is 11.3 Å². The quantitative estimate of drug-likeness (QED) is 0.193. The Morgan fingerprint density at radius 2 is 1.77 bits per heavy atom. The molecule has 1 aliphatic carbocycles. The van der Waals surface area contributed by atoms with Crippen LogP contribution in [0.25, 0.3) is 0 Å². The molecule has 2 heterocycles. The number of nitrogens with one attached hydrogen (secondary N) is 2. The van der Waals surface area contributed by atoms with E-state index < -0.39 is 65.3 Å². The van der Waals surface area contributed by atoms with Gasteiger partial charge in [0.1, 0.15) is 5.70 Å². The number of hydrogen-bond donors (Lipinski definition) is 3. The first-order valence-electron chi connectivity index (χ1n) is 12.7. The summed E-state index contributed by atoms with van der Waals surface area (Å²) in [5.41, 5.74) is -3.05. The number of carboxylic acids is 1. The van der Waals surface area contributed by atoms with Crippen molar-refractivity contribution in [1.82, 2.24) is 15.2 Å². The van der Waals surface area contributed by atoms with Gasteiger partial charge in [0.25, 0.3) is 5.91 Å². The highest BCUT2D eigenvalue weighted by molar-refractivity contribution is 6.39. The monoisotopic (exact) mass is 606 g/mol. The summed E-state index contributed by atoms with van der Waals surface area (Å²) in [6.07, 6.45) is -1.15. The van der Waals surface area contributed by atoms with Crippen LogP contribution >= 0.6 is 23.2 Å². The van der Waals surface area contributed by atoms with E-state index in [2.05, 4.69) is 10.3 Å². The van der Waals surface area contributed by atoms with E-state index in [0.29, 0.717) is 19.1 Å². The smallest absolute Gasteiger partial charge is 0.431 e. The number of alkyl halides is 3. The van der Waals surface area contributed by atoms with Gasteiger partial charge in [-0.15, -0.1) is 0 Å². The number of aromatic nitrogens is 1. The molecule has 3 rings (SSSR count). The van der Waals surface area contributed by atoms with Gasteiger partial charge >= 0.3 is 12.1 Å². The number of Topliss-reactive ketones (excluding diaryl/α,β-unsaturated/α-hetero) is 1. The third kappa shape index (κ3) is 7.94. The average Bonchev–Trinajstić information content (AvgIpc) is 3.20. The summed E-state index contributed by atoms with van der Waals surface area (Å²) in [5, 5.41) is 19.1. The number of halogens is 5. The SMILES string of the molecule is CC1(C)CC[C@H](CN(CC(=O)c2c(Cl)cncc2Cl)C(=O)/C(C=N)=C(/N[C@H]2CC[C@H](C(=O)O)CC2)C(F)(F)F)O1. The van der Waals surface area contributed by atoms with Gasteiger partial charge in [0, 0.05) is 31.2 Å². The molecule has 0 spiro atoms. The molecule has 0 radical (unpaired) electrons. The second kappa shape index (κ2) is 12.9. The second-order valence-electron chi connectivity index (χ2n) is 10.6. The summed E-state index contributed by atoms with van der Waals surface area (Å²) in [6, 6.07) is -0.751. The Kier molecular flexibility index (Phi) is 10.2. The van der Waals surface area contributed by atoms with Gasteiger partial charge in [0.15, 0.2) is 5.78 Å². The van der Waals surface area contributed by atoms with Crippen LogP contribution in [0.2, 0.25) is 10.0 Å². The first kappa shape index (κ1) is 31.8. The molecule has 0 aromatic carbocycles. The van der Waals surface area contributed by atoms with Crippen LogP contribution in [-0.4, -0.2) is 75.9 Å². The molecule has 1 aliphatic heterocycles. The molecule has 1 amide bonds. The van der Waals surface area contributed by atoms with Gasteiger partial charge in [-0.1, -0.05) is 23.2 Å². The normalized spacial score (nSPS) is 23.2. The highest BCUT2D eigenvalue weighted by Crippen LogP contribution is 2.33. The molecule has 9 nitrogen and oxygen atoms in total. The molecular weight excluding hydrogens is 576 g/mol. The maximum absolute atomic E-state index is 14.3. The molecule has 2 fully saturated rings. The standard InChI is InChI=1S/C26H31Cl2F3N4O5/c1-25(2)8-7-16(40-25)12-35(13-20(36)21-18(27)10-33-11-19(21)28)23(37)17(9-32)22(26(29,30)31)34-15-5-3-14(4-6-15)24(38)39/h9-11,14-16,32,34H,3-8,12-13H2,1-2H3,(H,38,39)/b22-17+,32-9?/t14-,15-,16-/m1/s1. The lowest BCUT2D eigenvalue weighted by molar-refractivity contribution is -0.143. The third-order valence-corrected chi connectivity index (χ3v) is 7.66. The average molecular weight is 607 g/mol. The van der Waals surface area contributed by atoms with Crippen molar-refractivity contribution in [1.29, 1.82) is 5.41 Å². The van der Waals surface area contributed by atoms with Crippen LogP contribution < -0.4 is 5.32 Å². The number of rotatable bonds is 10. The van der Waals surface area contributed by atoms with Crippen molar-refractivity contribution in [3.8, 4) is 0 Å². The Labute approximate surface area is 239 Å². The summed E-state index contributed by atoms with van der Waals surface area (Å²) in [7, 11) is 0. The Balaban J connectivity index is 1.94. The minimum atomic E-state index is -5.04. The zero-order valence-corrected chi connectivity index (χ0v) is 23.5. The number of carbonyl (C=O) groups is 3. The fourth-order valence-corrected chi connectivity index (χ4v) is 5.59. The second-order valence-corrected chi connectivity index (χ2v) is 11.4. The zero-order chi connectivity index (χ0) is 29.8. The maximum atomic E-state index is 14.3. The van der Waals surface area contributed by atoms with E-state index in [1.165, 1.54) is 12.4 Å². The number of hydrogen-bond acceptors (Lipinski definition) is 7. The van der Waals surface area contributed by atoms with E-state index in [1.54, 1.807) is 0 Å². The Hall–Kier alpha value is -2.70. The molecule has 2 aliphatic rings.